The van der Waals surface area contributed by atoms with Gasteiger partial charge in [-0.1, -0.05) is 23.5 Å². The first-order chi connectivity index (χ1) is 12.3. The minimum absolute atomic E-state index is 0.0175. The van der Waals surface area contributed by atoms with Gasteiger partial charge in [0.25, 0.3) is 5.91 Å². The number of nitrogens with zero attached hydrogens (tertiary/aromatic N) is 2. The second-order valence-electron chi connectivity index (χ2n) is 5.69. The van der Waals surface area contributed by atoms with Gasteiger partial charge < -0.3 is 9.30 Å². The first-order valence-electron chi connectivity index (χ1n) is 7.92. The minimum atomic E-state index is -3.52. The molecule has 136 valence electrons. The maximum atomic E-state index is 12.6. The van der Waals surface area contributed by atoms with Crippen molar-refractivity contribution in [3.8, 4) is 5.75 Å². The Bertz CT molecular complexity index is 1160. The van der Waals surface area contributed by atoms with E-state index in [1.54, 1.807) is 16.7 Å². The number of fused-ring (bicyclic) bond motifs is 1. The number of sulfone groups is 1. The van der Waals surface area contributed by atoms with Gasteiger partial charge in [-0.15, -0.1) is 0 Å². The summed E-state index contributed by atoms with van der Waals surface area (Å²) in [5.74, 6) is 0.167. The zero-order valence-electron chi connectivity index (χ0n) is 14.6. The van der Waals surface area contributed by atoms with E-state index in [2.05, 4.69) is 4.99 Å². The molecule has 0 aliphatic rings. The largest absolute Gasteiger partial charge is 0.494 e. The molecule has 0 aliphatic heterocycles. The Morgan fingerprint density at radius 1 is 1.23 bits per heavy atom. The van der Waals surface area contributed by atoms with Crippen LogP contribution in [0.2, 0.25) is 0 Å². The molecule has 6 nitrogen and oxygen atoms in total. The maximum absolute atomic E-state index is 12.6. The Kier molecular flexibility index (Phi) is 4.97. The van der Waals surface area contributed by atoms with Crippen molar-refractivity contribution in [2.24, 2.45) is 12.0 Å². The van der Waals surface area contributed by atoms with Gasteiger partial charge in [0, 0.05) is 13.3 Å². The summed E-state index contributed by atoms with van der Waals surface area (Å²) in [7, 11) is -1.70. The summed E-state index contributed by atoms with van der Waals surface area (Å²) < 4.78 is 32.0. The molecule has 0 aliphatic carbocycles. The van der Waals surface area contributed by atoms with Gasteiger partial charge in [0.2, 0.25) is 0 Å². The van der Waals surface area contributed by atoms with Crippen LogP contribution in [0.5, 0.6) is 5.75 Å². The first-order valence-corrected chi connectivity index (χ1v) is 10.6. The number of carbonyl (C=O) groups excluding carboxylic acids is 1. The van der Waals surface area contributed by atoms with E-state index in [-0.39, 0.29) is 10.5 Å². The second-order valence-corrected chi connectivity index (χ2v) is 8.68. The number of hydrogen-bond donors (Lipinski definition) is 0. The zero-order chi connectivity index (χ0) is 18.9. The standard InChI is InChI=1S/C18H18N2O4S2/c1-4-24-12-9-10-14-15(11-12)25-18(20(14)2)19-17(21)13-7-5-6-8-16(13)26(3,22)23/h5-11H,4H2,1-3H3. The van der Waals surface area contributed by atoms with Crippen molar-refractivity contribution in [3.63, 3.8) is 0 Å². The van der Waals surface area contributed by atoms with Crippen LogP contribution < -0.4 is 9.54 Å². The quantitative estimate of drug-likeness (QED) is 0.686. The fourth-order valence-corrected chi connectivity index (χ4v) is 4.52. The molecule has 3 rings (SSSR count). The van der Waals surface area contributed by atoms with E-state index in [9.17, 15) is 13.2 Å². The van der Waals surface area contributed by atoms with Crippen molar-refractivity contribution >= 4 is 37.3 Å². The average molecular weight is 390 g/mol. The molecule has 0 bridgehead atoms. The minimum Gasteiger partial charge on any atom is -0.494 e. The molecule has 2 aromatic carbocycles. The van der Waals surface area contributed by atoms with Gasteiger partial charge in [-0.05, 0) is 37.3 Å². The van der Waals surface area contributed by atoms with Crippen LogP contribution in [-0.4, -0.2) is 31.8 Å². The van der Waals surface area contributed by atoms with Crippen LogP contribution in [-0.2, 0) is 16.9 Å². The fraction of sp³-hybridized carbons (Fsp3) is 0.222. The van der Waals surface area contributed by atoms with Crippen molar-refractivity contribution in [2.45, 2.75) is 11.8 Å². The highest BCUT2D eigenvalue weighted by Gasteiger charge is 2.18. The average Bonchev–Trinajstić information content (AvgIpc) is 2.90. The third-order valence-corrected chi connectivity index (χ3v) is 6.06. The van der Waals surface area contributed by atoms with Gasteiger partial charge in [-0.2, -0.15) is 4.99 Å². The van der Waals surface area contributed by atoms with Crippen LogP contribution in [0, 0.1) is 0 Å². The third-order valence-electron chi connectivity index (χ3n) is 3.81. The number of ether oxygens (including phenoxy) is 1. The maximum Gasteiger partial charge on any atom is 0.280 e. The van der Waals surface area contributed by atoms with Crippen molar-refractivity contribution in [3.05, 3.63) is 52.8 Å². The first kappa shape index (κ1) is 18.3. The Labute approximate surface area is 155 Å². The lowest BCUT2D eigenvalue weighted by atomic mass is 10.2. The molecule has 0 N–H and O–H groups in total. The van der Waals surface area contributed by atoms with Gasteiger partial charge in [0.15, 0.2) is 14.6 Å². The highest BCUT2D eigenvalue weighted by Crippen LogP contribution is 2.23. The van der Waals surface area contributed by atoms with Crippen molar-refractivity contribution < 1.29 is 17.9 Å². The number of hydrogen-bond acceptors (Lipinski definition) is 5. The molecule has 3 aromatic rings. The normalized spacial score (nSPS) is 12.5. The summed E-state index contributed by atoms with van der Waals surface area (Å²) in [4.78, 5) is 17.2. The highest BCUT2D eigenvalue weighted by atomic mass is 32.2. The predicted molar refractivity (Wildman–Crippen MR) is 101 cm³/mol. The lowest BCUT2D eigenvalue weighted by Crippen LogP contribution is -2.15. The summed E-state index contributed by atoms with van der Waals surface area (Å²) >= 11 is 1.35. The highest BCUT2D eigenvalue weighted by molar-refractivity contribution is 7.90. The number of benzene rings is 2. The van der Waals surface area contributed by atoms with Crippen LogP contribution in [0.4, 0.5) is 0 Å². The van der Waals surface area contributed by atoms with Crippen molar-refractivity contribution in [1.82, 2.24) is 4.57 Å². The molecule has 1 aromatic heterocycles. The summed E-state index contributed by atoms with van der Waals surface area (Å²) in [6.45, 7) is 2.48. The molecule has 0 atom stereocenters. The summed E-state index contributed by atoms with van der Waals surface area (Å²) in [5, 5.41) is 0. The summed E-state index contributed by atoms with van der Waals surface area (Å²) in [6.07, 6.45) is 1.08. The molecule has 1 heterocycles. The predicted octanol–water partition coefficient (Wildman–Crippen LogP) is 2.78. The number of carbonyl (C=O) groups is 1. The smallest absolute Gasteiger partial charge is 0.280 e. The summed E-state index contributed by atoms with van der Waals surface area (Å²) in [5.41, 5.74) is 0.990. The lowest BCUT2D eigenvalue weighted by molar-refractivity contribution is 0.0995. The van der Waals surface area contributed by atoms with Gasteiger partial charge in [-0.25, -0.2) is 8.42 Å². The van der Waals surface area contributed by atoms with Crippen molar-refractivity contribution in [2.75, 3.05) is 12.9 Å². The number of aromatic nitrogens is 1. The second kappa shape index (κ2) is 7.05. The van der Waals surface area contributed by atoms with Crippen LogP contribution >= 0.6 is 11.3 Å². The molecule has 0 unspecified atom stereocenters. The van der Waals surface area contributed by atoms with Gasteiger partial charge >= 0.3 is 0 Å². The van der Waals surface area contributed by atoms with Gasteiger partial charge in [0.05, 0.1) is 27.3 Å². The molecular weight excluding hydrogens is 372 g/mol. The van der Waals surface area contributed by atoms with E-state index in [1.807, 2.05) is 32.2 Å². The Morgan fingerprint density at radius 2 is 1.96 bits per heavy atom. The van der Waals surface area contributed by atoms with E-state index >= 15 is 0 Å². The molecule has 1 amide bonds. The lowest BCUT2D eigenvalue weighted by Gasteiger charge is -2.03. The van der Waals surface area contributed by atoms with Crippen LogP contribution in [0.1, 0.15) is 17.3 Å². The van der Waals surface area contributed by atoms with Crippen LogP contribution in [0.25, 0.3) is 10.2 Å². The molecule has 0 radical (unpaired) electrons. The molecule has 0 fully saturated rings. The van der Waals surface area contributed by atoms with Crippen LogP contribution in [0.15, 0.2) is 52.4 Å². The third kappa shape index (κ3) is 3.56. The Hall–Kier alpha value is -2.45. The molecule has 0 spiro atoms. The SMILES string of the molecule is CCOc1ccc2c(c1)sc(=NC(=O)c1ccccc1S(C)(=O)=O)n2C. The Balaban J connectivity index is 2.11. The molecule has 26 heavy (non-hydrogen) atoms. The van der Waals surface area contributed by atoms with E-state index in [1.165, 1.54) is 23.5 Å². The molecule has 8 heteroatoms. The van der Waals surface area contributed by atoms with E-state index in [0.717, 1.165) is 22.2 Å². The monoisotopic (exact) mass is 390 g/mol. The van der Waals surface area contributed by atoms with E-state index in [4.69, 9.17) is 4.74 Å². The molecule has 0 saturated carbocycles. The van der Waals surface area contributed by atoms with Crippen LogP contribution in [0.3, 0.4) is 0 Å². The number of rotatable bonds is 4. The van der Waals surface area contributed by atoms with E-state index < -0.39 is 15.7 Å². The Morgan fingerprint density at radius 3 is 2.65 bits per heavy atom. The van der Waals surface area contributed by atoms with Gasteiger partial charge in [-0.3, -0.25) is 4.79 Å². The molecular formula is C18H18N2O4S2. The van der Waals surface area contributed by atoms with Crippen molar-refractivity contribution in [1.29, 1.82) is 0 Å². The number of aryl methyl sites for hydroxylation is 1. The number of thiazole rings is 1. The molecule has 0 saturated heterocycles. The number of amides is 1. The van der Waals surface area contributed by atoms with Gasteiger partial charge in [0.1, 0.15) is 5.75 Å². The zero-order valence-corrected chi connectivity index (χ0v) is 16.2. The van der Waals surface area contributed by atoms with E-state index in [0.29, 0.717) is 11.4 Å². The fourth-order valence-electron chi connectivity index (χ4n) is 2.59. The topological polar surface area (TPSA) is 77.7 Å². The summed E-state index contributed by atoms with van der Waals surface area (Å²) in [6, 6.07) is 11.8.